The van der Waals surface area contributed by atoms with Crippen molar-refractivity contribution in [1.29, 1.82) is 0 Å². The zero-order valence-electron chi connectivity index (χ0n) is 20.9. The molecular weight excluding hydrogens is 416 g/mol. The van der Waals surface area contributed by atoms with Gasteiger partial charge in [0.2, 0.25) is 5.75 Å². The van der Waals surface area contributed by atoms with Gasteiger partial charge in [-0.1, -0.05) is 46.8 Å². The molecule has 3 fully saturated rings. The van der Waals surface area contributed by atoms with Crippen LogP contribution in [0, 0.1) is 40.4 Å². The monoisotopic (exact) mass is 456 g/mol. The molecule has 6 atom stereocenters. The number of methoxy groups -OCH3 is 1. The average molecular weight is 457 g/mol. The Labute approximate surface area is 197 Å². The molecule has 0 radical (unpaired) electrons. The summed E-state index contributed by atoms with van der Waals surface area (Å²) in [5.41, 5.74) is 1.55. The van der Waals surface area contributed by atoms with Gasteiger partial charge in [-0.15, -0.1) is 0 Å². The summed E-state index contributed by atoms with van der Waals surface area (Å²) in [6, 6.07) is 0. The van der Waals surface area contributed by atoms with Crippen molar-refractivity contribution in [3.8, 4) is 23.0 Å². The van der Waals surface area contributed by atoms with E-state index in [4.69, 9.17) is 4.74 Å². The van der Waals surface area contributed by atoms with E-state index in [-0.39, 0.29) is 39.6 Å². The Hall–Kier alpha value is -2.17. The van der Waals surface area contributed by atoms with Crippen molar-refractivity contribution in [2.24, 2.45) is 40.4 Å². The second-order valence-electron chi connectivity index (χ2n) is 12.0. The van der Waals surface area contributed by atoms with Gasteiger partial charge in [0.25, 0.3) is 0 Å². The highest BCUT2D eigenvalue weighted by atomic mass is 16.5. The highest BCUT2D eigenvalue weighted by Gasteiger charge is 2.68. The Bertz CT molecular complexity index is 977. The zero-order chi connectivity index (χ0) is 24.5. The van der Waals surface area contributed by atoms with Crippen LogP contribution in [0.5, 0.6) is 23.0 Å². The van der Waals surface area contributed by atoms with Gasteiger partial charge in [-0.2, -0.15) is 0 Å². The maximum atomic E-state index is 11.8. The number of phenolic OH excluding ortho intramolecular Hbond substituents is 3. The fourth-order valence-corrected chi connectivity index (χ4v) is 7.92. The molecule has 4 rings (SSSR count). The molecule has 0 unspecified atom stereocenters. The van der Waals surface area contributed by atoms with Gasteiger partial charge in [0.1, 0.15) is 11.3 Å². The maximum absolute atomic E-state index is 11.8. The van der Waals surface area contributed by atoms with Crippen LogP contribution in [-0.4, -0.2) is 28.7 Å². The predicted molar refractivity (Wildman–Crippen MR) is 129 cm³/mol. The number of phenols is 3. The number of fused-ring (bicyclic) bond motifs is 3. The Kier molecular flexibility index (Phi) is 5.78. The van der Waals surface area contributed by atoms with E-state index in [9.17, 15) is 20.1 Å². The number of benzene rings is 1. The number of allylic oxidation sites excluding steroid dienone is 1. The van der Waals surface area contributed by atoms with Crippen LogP contribution in [0.25, 0.3) is 0 Å². The van der Waals surface area contributed by atoms with E-state index < -0.39 is 5.75 Å². The summed E-state index contributed by atoms with van der Waals surface area (Å²) in [6.45, 7) is 15.8. The lowest BCUT2D eigenvalue weighted by Gasteiger charge is -2.44. The van der Waals surface area contributed by atoms with Crippen LogP contribution in [-0.2, 0) is 0 Å². The maximum Gasteiger partial charge on any atom is 0.204 e. The van der Waals surface area contributed by atoms with E-state index in [1.165, 1.54) is 19.1 Å². The molecule has 33 heavy (non-hydrogen) atoms. The van der Waals surface area contributed by atoms with E-state index in [1.54, 1.807) is 0 Å². The summed E-state index contributed by atoms with van der Waals surface area (Å²) >= 11 is 0. The van der Waals surface area contributed by atoms with Crippen molar-refractivity contribution < 1.29 is 24.9 Å². The van der Waals surface area contributed by atoms with Gasteiger partial charge < -0.3 is 20.1 Å². The number of rotatable bonds is 6. The summed E-state index contributed by atoms with van der Waals surface area (Å²) < 4.78 is 5.29. The third-order valence-corrected chi connectivity index (χ3v) is 9.64. The Morgan fingerprint density at radius 1 is 1.09 bits per heavy atom. The SMILES string of the molecule is C=C1CC[C@@H]2[C@H]([C@H]3[C@H]1CC[C@]3(C)[C@@H](CC(C)C)c1c(O)c(C=O)c(O)c(OC)c1O)C2(C)C. The van der Waals surface area contributed by atoms with Gasteiger partial charge in [0, 0.05) is 5.56 Å². The predicted octanol–water partition coefficient (Wildman–Crippen LogP) is 6.41. The number of aromatic hydroxyl groups is 3. The van der Waals surface area contributed by atoms with Gasteiger partial charge in [-0.3, -0.25) is 4.79 Å². The lowest BCUT2D eigenvalue weighted by Crippen LogP contribution is -2.35. The fraction of sp³-hybridized carbons (Fsp3) is 0.679. The van der Waals surface area contributed by atoms with Crippen molar-refractivity contribution >= 4 is 6.29 Å². The number of hydrogen-bond donors (Lipinski definition) is 3. The minimum Gasteiger partial charge on any atom is -0.507 e. The largest absolute Gasteiger partial charge is 0.507 e. The molecular formula is C28H40O5. The molecule has 0 saturated heterocycles. The Balaban J connectivity index is 1.92. The van der Waals surface area contributed by atoms with E-state index >= 15 is 0 Å². The molecule has 3 aliphatic rings. The molecule has 0 spiro atoms. The topological polar surface area (TPSA) is 87.0 Å². The second-order valence-corrected chi connectivity index (χ2v) is 12.0. The molecule has 0 heterocycles. The minimum atomic E-state index is -0.518. The zero-order valence-corrected chi connectivity index (χ0v) is 20.9. The third kappa shape index (κ3) is 3.37. The summed E-state index contributed by atoms with van der Waals surface area (Å²) in [5, 5.41) is 32.9. The van der Waals surface area contributed by atoms with Gasteiger partial charge >= 0.3 is 0 Å². The van der Waals surface area contributed by atoms with Crippen LogP contribution < -0.4 is 4.74 Å². The molecule has 0 aromatic heterocycles. The highest BCUT2D eigenvalue weighted by molar-refractivity contribution is 5.88. The Morgan fingerprint density at radius 3 is 2.33 bits per heavy atom. The van der Waals surface area contributed by atoms with Gasteiger partial charge in [0.15, 0.2) is 17.8 Å². The number of carbonyl (C=O) groups is 1. The normalized spacial score (nSPS) is 33.2. The molecule has 3 saturated carbocycles. The van der Waals surface area contributed by atoms with E-state index in [0.717, 1.165) is 25.7 Å². The molecule has 0 bridgehead atoms. The van der Waals surface area contributed by atoms with Crippen LogP contribution in [0.2, 0.25) is 0 Å². The lowest BCUT2D eigenvalue weighted by molar-refractivity contribution is 0.106. The highest BCUT2D eigenvalue weighted by Crippen LogP contribution is 2.75. The van der Waals surface area contributed by atoms with Crippen LogP contribution in [0.3, 0.4) is 0 Å². The van der Waals surface area contributed by atoms with Crippen molar-refractivity contribution in [2.45, 2.75) is 72.6 Å². The van der Waals surface area contributed by atoms with E-state index in [2.05, 4.69) is 41.2 Å². The molecule has 1 aromatic carbocycles. The van der Waals surface area contributed by atoms with Crippen LogP contribution in [0.15, 0.2) is 12.2 Å². The third-order valence-electron chi connectivity index (χ3n) is 9.64. The van der Waals surface area contributed by atoms with Crippen molar-refractivity contribution in [3.05, 3.63) is 23.3 Å². The van der Waals surface area contributed by atoms with Gasteiger partial charge in [-0.05, 0) is 78.4 Å². The quantitative estimate of drug-likeness (QED) is 0.340. The summed E-state index contributed by atoms with van der Waals surface area (Å²) in [7, 11) is 1.35. The fourth-order valence-electron chi connectivity index (χ4n) is 7.92. The number of aldehydes is 1. The van der Waals surface area contributed by atoms with E-state index in [0.29, 0.717) is 41.4 Å². The number of ether oxygens (including phenoxy) is 1. The van der Waals surface area contributed by atoms with Crippen LogP contribution in [0.1, 0.15) is 88.6 Å². The summed E-state index contributed by atoms with van der Waals surface area (Å²) in [5.74, 6) is 0.959. The molecule has 5 heteroatoms. The average Bonchev–Trinajstić information content (AvgIpc) is 3.16. The smallest absolute Gasteiger partial charge is 0.204 e. The van der Waals surface area contributed by atoms with E-state index in [1.807, 2.05) is 0 Å². The van der Waals surface area contributed by atoms with Gasteiger partial charge in [-0.25, -0.2) is 0 Å². The first-order valence-electron chi connectivity index (χ1n) is 12.4. The van der Waals surface area contributed by atoms with Gasteiger partial charge in [0.05, 0.1) is 7.11 Å². The molecule has 3 aliphatic carbocycles. The summed E-state index contributed by atoms with van der Waals surface area (Å²) in [4.78, 5) is 11.8. The second kappa shape index (κ2) is 7.95. The molecule has 1 aromatic rings. The minimum absolute atomic E-state index is 0.147. The van der Waals surface area contributed by atoms with Crippen molar-refractivity contribution in [1.82, 2.24) is 0 Å². The Morgan fingerprint density at radius 2 is 1.76 bits per heavy atom. The lowest BCUT2D eigenvalue weighted by atomic mass is 9.60. The molecule has 0 aliphatic heterocycles. The van der Waals surface area contributed by atoms with Crippen molar-refractivity contribution in [3.63, 3.8) is 0 Å². The molecule has 0 amide bonds. The first kappa shape index (κ1) is 24.0. The van der Waals surface area contributed by atoms with Crippen molar-refractivity contribution in [2.75, 3.05) is 7.11 Å². The molecule has 5 nitrogen and oxygen atoms in total. The van der Waals surface area contributed by atoms with Crippen LogP contribution >= 0.6 is 0 Å². The first-order valence-corrected chi connectivity index (χ1v) is 12.4. The van der Waals surface area contributed by atoms with Crippen LogP contribution in [0.4, 0.5) is 0 Å². The standard InChI is InChI=1S/C28H40O5/c1-14(2)12-19(20-23(30)17(13-29)24(31)26(33-7)25(20)32)28(6)11-10-16-15(3)8-9-18-22(21(16)28)27(18,4)5/h13-14,16,18-19,21-22,30-32H,3,8-12H2,1-2,4-7H3/t16-,18+,19-,21+,22+,28+/m0/s1. The summed E-state index contributed by atoms with van der Waals surface area (Å²) in [6.07, 6.45) is 5.48. The first-order chi connectivity index (χ1) is 15.4. The molecule has 3 N–H and O–H groups in total. The number of carbonyl (C=O) groups excluding carboxylic acids is 1. The molecule has 182 valence electrons. The number of hydrogen-bond acceptors (Lipinski definition) is 5.